The molecule has 1 aliphatic rings. The molecule has 3 heteroatoms. The van der Waals surface area contributed by atoms with E-state index in [9.17, 15) is 0 Å². The first-order chi connectivity index (χ1) is 23.8. The highest BCUT2D eigenvalue weighted by Crippen LogP contribution is 2.46. The van der Waals surface area contributed by atoms with Crippen LogP contribution >= 0.6 is 0 Å². The Balaban J connectivity index is 1.32. The van der Waals surface area contributed by atoms with Gasteiger partial charge in [0.2, 0.25) is 5.90 Å². The molecule has 0 spiro atoms. The molecule has 0 amide bonds. The SMILES string of the molecule is CC1(C)N=C(c2cncc(-c3ccc4c(-c5ccc6ccccc6c5)c5ccccc5c(-c5ccc6ccccc6c5)c4c3)c2)OC1(C)C. The van der Waals surface area contributed by atoms with Crippen molar-refractivity contribution in [3.8, 4) is 33.4 Å². The summed E-state index contributed by atoms with van der Waals surface area (Å²) in [5, 5.41) is 9.84. The van der Waals surface area contributed by atoms with Crippen LogP contribution in [0.3, 0.4) is 0 Å². The molecule has 1 aliphatic heterocycles. The topological polar surface area (TPSA) is 34.5 Å². The number of nitrogens with zero attached hydrogens (tertiary/aromatic N) is 2. The Hall–Kier alpha value is -5.80. The van der Waals surface area contributed by atoms with Gasteiger partial charge in [-0.2, -0.15) is 0 Å². The van der Waals surface area contributed by atoms with Gasteiger partial charge in [-0.25, -0.2) is 4.99 Å². The molecular formula is C46H36N2O. The predicted octanol–water partition coefficient (Wildman–Crippen LogP) is 12.0. The molecule has 8 aromatic rings. The number of hydrogen-bond acceptors (Lipinski definition) is 3. The summed E-state index contributed by atoms with van der Waals surface area (Å²) in [6.45, 7) is 8.42. The lowest BCUT2D eigenvalue weighted by Crippen LogP contribution is -2.41. The third kappa shape index (κ3) is 4.80. The van der Waals surface area contributed by atoms with E-state index in [1.54, 1.807) is 0 Å². The molecule has 0 unspecified atom stereocenters. The van der Waals surface area contributed by atoms with Crippen LogP contribution in [0.15, 0.2) is 151 Å². The van der Waals surface area contributed by atoms with Crippen LogP contribution in [0.1, 0.15) is 33.3 Å². The standard InChI is InChI=1S/C46H36N2O/c1-45(2)46(3,4)49-44(48-45)37-25-36(27-47-28-37)33-21-22-40-41(26-33)43(35-20-18-30-12-6-8-14-32(30)24-35)39-16-10-9-15-38(39)42(40)34-19-17-29-11-5-7-13-31(29)23-34/h5-28H,1-4H3. The first-order valence-electron chi connectivity index (χ1n) is 17.0. The highest BCUT2D eigenvalue weighted by atomic mass is 16.5. The smallest absolute Gasteiger partial charge is 0.218 e. The van der Waals surface area contributed by atoms with Gasteiger partial charge in [-0.3, -0.25) is 4.98 Å². The van der Waals surface area contributed by atoms with Crippen LogP contribution in [0, 0.1) is 0 Å². The van der Waals surface area contributed by atoms with E-state index < -0.39 is 5.60 Å². The zero-order chi connectivity index (χ0) is 33.3. The van der Waals surface area contributed by atoms with Gasteiger partial charge in [0.15, 0.2) is 0 Å². The number of aromatic nitrogens is 1. The van der Waals surface area contributed by atoms with Crippen LogP contribution in [-0.2, 0) is 4.74 Å². The van der Waals surface area contributed by atoms with Gasteiger partial charge in [-0.05, 0) is 123 Å². The summed E-state index contributed by atoms with van der Waals surface area (Å²) in [6.07, 6.45) is 3.80. The van der Waals surface area contributed by atoms with Crippen LogP contribution in [0.4, 0.5) is 0 Å². The van der Waals surface area contributed by atoms with Gasteiger partial charge in [0.25, 0.3) is 0 Å². The minimum absolute atomic E-state index is 0.337. The first kappa shape index (κ1) is 29.3. The molecule has 0 aliphatic carbocycles. The summed E-state index contributed by atoms with van der Waals surface area (Å²) in [7, 11) is 0. The molecule has 9 rings (SSSR count). The fraction of sp³-hybridized carbons (Fsp3) is 0.130. The number of rotatable bonds is 4. The maximum absolute atomic E-state index is 6.38. The van der Waals surface area contributed by atoms with Gasteiger partial charge in [0.05, 0.1) is 11.1 Å². The van der Waals surface area contributed by atoms with Crippen LogP contribution in [0.2, 0.25) is 0 Å². The van der Waals surface area contributed by atoms with E-state index in [0.717, 1.165) is 16.7 Å². The van der Waals surface area contributed by atoms with Gasteiger partial charge in [0.1, 0.15) is 5.60 Å². The lowest BCUT2D eigenvalue weighted by Gasteiger charge is -2.30. The van der Waals surface area contributed by atoms with Crippen LogP contribution < -0.4 is 0 Å². The van der Waals surface area contributed by atoms with E-state index in [0.29, 0.717) is 5.90 Å². The highest BCUT2D eigenvalue weighted by Gasteiger charge is 2.45. The van der Waals surface area contributed by atoms with Crippen LogP contribution in [-0.4, -0.2) is 22.0 Å². The molecule has 236 valence electrons. The highest BCUT2D eigenvalue weighted by molar-refractivity contribution is 6.22. The predicted molar refractivity (Wildman–Crippen MR) is 206 cm³/mol. The fourth-order valence-electron chi connectivity index (χ4n) is 7.29. The Morgan fingerprint density at radius 1 is 0.429 bits per heavy atom. The molecule has 0 bridgehead atoms. The van der Waals surface area contributed by atoms with Gasteiger partial charge in [-0.1, -0.05) is 109 Å². The second-order valence-electron chi connectivity index (χ2n) is 14.2. The van der Waals surface area contributed by atoms with Crippen LogP contribution in [0.5, 0.6) is 0 Å². The summed E-state index contributed by atoms with van der Waals surface area (Å²) < 4.78 is 6.38. The zero-order valence-corrected chi connectivity index (χ0v) is 28.2. The van der Waals surface area contributed by atoms with Crippen LogP contribution in [0.25, 0.3) is 76.5 Å². The summed E-state index contributed by atoms with van der Waals surface area (Å²) in [4.78, 5) is 9.64. The maximum atomic E-state index is 6.38. The van der Waals surface area contributed by atoms with Crippen molar-refractivity contribution in [1.82, 2.24) is 4.98 Å². The molecule has 0 saturated heterocycles. The van der Waals surface area contributed by atoms with E-state index >= 15 is 0 Å². The monoisotopic (exact) mass is 632 g/mol. The number of pyridine rings is 1. The number of ether oxygens (including phenoxy) is 1. The summed E-state index contributed by atoms with van der Waals surface area (Å²) in [5.41, 5.74) is 7.17. The molecule has 0 saturated carbocycles. The Morgan fingerprint density at radius 3 is 1.53 bits per heavy atom. The lowest BCUT2D eigenvalue weighted by atomic mass is 9.84. The van der Waals surface area contributed by atoms with E-state index in [4.69, 9.17) is 9.73 Å². The minimum atomic E-state index is -0.406. The normalized spacial score (nSPS) is 15.1. The summed E-state index contributed by atoms with van der Waals surface area (Å²) in [6, 6.07) is 48.8. The average Bonchev–Trinajstić information content (AvgIpc) is 3.35. The Bertz CT molecular complexity index is 2650. The number of aliphatic imine (C=N–C) groups is 1. The second-order valence-corrected chi connectivity index (χ2v) is 14.2. The van der Waals surface area contributed by atoms with Crippen molar-refractivity contribution >= 4 is 49.0 Å². The van der Waals surface area contributed by atoms with E-state index in [2.05, 4.69) is 166 Å². The minimum Gasteiger partial charge on any atom is -0.469 e. The Kier molecular flexibility index (Phi) is 6.51. The molecular weight excluding hydrogens is 597 g/mol. The molecule has 0 radical (unpaired) electrons. The largest absolute Gasteiger partial charge is 0.469 e. The number of hydrogen-bond donors (Lipinski definition) is 0. The van der Waals surface area contributed by atoms with Gasteiger partial charge < -0.3 is 4.74 Å². The quantitative estimate of drug-likeness (QED) is 0.181. The Labute approximate surface area is 286 Å². The van der Waals surface area contributed by atoms with Crippen molar-refractivity contribution in [2.45, 2.75) is 38.8 Å². The molecule has 49 heavy (non-hydrogen) atoms. The second kappa shape index (κ2) is 10.9. The zero-order valence-electron chi connectivity index (χ0n) is 28.2. The molecule has 0 N–H and O–H groups in total. The summed E-state index contributed by atoms with van der Waals surface area (Å²) >= 11 is 0. The molecule has 7 aromatic carbocycles. The lowest BCUT2D eigenvalue weighted by molar-refractivity contribution is 0.0619. The molecule has 0 atom stereocenters. The summed E-state index contributed by atoms with van der Waals surface area (Å²) in [5.74, 6) is 0.645. The van der Waals surface area contributed by atoms with Crippen molar-refractivity contribution in [3.05, 3.63) is 151 Å². The fourth-order valence-corrected chi connectivity index (χ4v) is 7.29. The van der Waals surface area contributed by atoms with Crippen molar-refractivity contribution in [3.63, 3.8) is 0 Å². The number of benzene rings is 7. The van der Waals surface area contributed by atoms with Gasteiger partial charge in [0, 0.05) is 18.0 Å². The molecule has 0 fully saturated rings. The van der Waals surface area contributed by atoms with Gasteiger partial charge >= 0.3 is 0 Å². The average molecular weight is 633 g/mol. The third-order valence-electron chi connectivity index (χ3n) is 10.6. The van der Waals surface area contributed by atoms with E-state index in [1.165, 1.54) is 65.3 Å². The maximum Gasteiger partial charge on any atom is 0.218 e. The van der Waals surface area contributed by atoms with Crippen molar-refractivity contribution < 1.29 is 4.74 Å². The third-order valence-corrected chi connectivity index (χ3v) is 10.6. The molecule has 1 aromatic heterocycles. The Morgan fingerprint density at radius 2 is 0.939 bits per heavy atom. The van der Waals surface area contributed by atoms with E-state index in [1.807, 2.05) is 12.4 Å². The van der Waals surface area contributed by atoms with Crippen molar-refractivity contribution in [1.29, 1.82) is 0 Å². The molecule has 2 heterocycles. The van der Waals surface area contributed by atoms with Gasteiger partial charge in [-0.15, -0.1) is 0 Å². The number of fused-ring (bicyclic) bond motifs is 4. The van der Waals surface area contributed by atoms with E-state index in [-0.39, 0.29) is 5.54 Å². The van der Waals surface area contributed by atoms with Crippen molar-refractivity contribution in [2.75, 3.05) is 0 Å². The first-order valence-corrected chi connectivity index (χ1v) is 17.0. The van der Waals surface area contributed by atoms with Crippen molar-refractivity contribution in [2.24, 2.45) is 4.99 Å². The molecule has 3 nitrogen and oxygen atoms in total.